The zero-order chi connectivity index (χ0) is 12.6. The first-order valence-corrected chi connectivity index (χ1v) is 6.43. The smallest absolute Gasteiger partial charge is 0.119 e. The lowest BCUT2D eigenvalue weighted by molar-refractivity contribution is 0.101. The third-order valence-electron chi connectivity index (χ3n) is 2.51. The first kappa shape index (κ1) is 13.2. The van der Waals surface area contributed by atoms with Crippen molar-refractivity contribution in [2.45, 2.75) is 19.4 Å². The summed E-state index contributed by atoms with van der Waals surface area (Å²) in [5.74, 6) is 1.69. The van der Waals surface area contributed by atoms with Crippen molar-refractivity contribution in [3.63, 3.8) is 0 Å². The Kier molecular flexibility index (Phi) is 5.30. The molecule has 0 saturated carbocycles. The number of hydrogen-bond acceptors (Lipinski definition) is 4. The van der Waals surface area contributed by atoms with Crippen LogP contribution in [-0.2, 0) is 9.47 Å². The number of benzene rings is 1. The molecule has 0 aromatic heterocycles. The average Bonchev–Trinajstić information content (AvgIpc) is 3.22. The van der Waals surface area contributed by atoms with Crippen molar-refractivity contribution in [2.75, 3.05) is 33.0 Å². The molecule has 4 heteroatoms. The van der Waals surface area contributed by atoms with Gasteiger partial charge in [0.2, 0.25) is 0 Å². The molecule has 1 atom stereocenters. The van der Waals surface area contributed by atoms with E-state index < -0.39 is 0 Å². The Hall–Kier alpha value is -1.26. The van der Waals surface area contributed by atoms with Crippen LogP contribution >= 0.6 is 0 Å². The molecule has 0 N–H and O–H groups in total. The number of rotatable bonds is 9. The lowest BCUT2D eigenvalue weighted by Gasteiger charge is -2.08. The summed E-state index contributed by atoms with van der Waals surface area (Å²) in [6.45, 7) is 5.54. The summed E-state index contributed by atoms with van der Waals surface area (Å²) < 4.78 is 21.5. The summed E-state index contributed by atoms with van der Waals surface area (Å²) in [6.07, 6.45) is 1.33. The van der Waals surface area contributed by atoms with Crippen LogP contribution in [0.4, 0.5) is 0 Å². The minimum atomic E-state index is 0.289. The summed E-state index contributed by atoms with van der Waals surface area (Å²) >= 11 is 0. The first-order valence-electron chi connectivity index (χ1n) is 6.43. The molecule has 100 valence electrons. The molecular formula is C14H20O4. The summed E-state index contributed by atoms with van der Waals surface area (Å²) in [4.78, 5) is 0. The van der Waals surface area contributed by atoms with Gasteiger partial charge in [0, 0.05) is 6.61 Å². The molecule has 0 bridgehead atoms. The van der Waals surface area contributed by atoms with Crippen LogP contribution in [0.3, 0.4) is 0 Å². The van der Waals surface area contributed by atoms with Crippen molar-refractivity contribution in [3.8, 4) is 11.5 Å². The van der Waals surface area contributed by atoms with Gasteiger partial charge in [-0.1, -0.05) is 6.92 Å². The van der Waals surface area contributed by atoms with Gasteiger partial charge in [0.05, 0.1) is 13.2 Å². The molecule has 0 amide bonds. The molecule has 1 aromatic carbocycles. The van der Waals surface area contributed by atoms with E-state index in [1.165, 1.54) is 0 Å². The quantitative estimate of drug-likeness (QED) is 0.499. The fourth-order valence-corrected chi connectivity index (χ4v) is 1.45. The molecule has 1 saturated heterocycles. The van der Waals surface area contributed by atoms with Crippen LogP contribution < -0.4 is 9.47 Å². The Balaban J connectivity index is 1.63. The van der Waals surface area contributed by atoms with Crippen LogP contribution in [0.2, 0.25) is 0 Å². The fraction of sp³-hybridized carbons (Fsp3) is 0.571. The normalized spacial score (nSPS) is 17.5. The van der Waals surface area contributed by atoms with Gasteiger partial charge >= 0.3 is 0 Å². The molecule has 1 aromatic rings. The van der Waals surface area contributed by atoms with Crippen LogP contribution in [-0.4, -0.2) is 39.1 Å². The monoisotopic (exact) mass is 252 g/mol. The lowest BCUT2D eigenvalue weighted by Crippen LogP contribution is -2.07. The third kappa shape index (κ3) is 4.94. The molecule has 1 aliphatic heterocycles. The van der Waals surface area contributed by atoms with E-state index in [1.54, 1.807) is 0 Å². The molecule has 2 rings (SSSR count). The van der Waals surface area contributed by atoms with E-state index in [4.69, 9.17) is 18.9 Å². The predicted molar refractivity (Wildman–Crippen MR) is 68.3 cm³/mol. The molecule has 1 fully saturated rings. The van der Waals surface area contributed by atoms with Gasteiger partial charge in [-0.05, 0) is 30.7 Å². The number of hydrogen-bond donors (Lipinski definition) is 0. The maximum Gasteiger partial charge on any atom is 0.119 e. The molecular weight excluding hydrogens is 232 g/mol. The van der Waals surface area contributed by atoms with E-state index >= 15 is 0 Å². The Bertz CT molecular complexity index is 332. The largest absolute Gasteiger partial charge is 0.491 e. The molecule has 0 spiro atoms. The highest BCUT2D eigenvalue weighted by Crippen LogP contribution is 2.19. The molecule has 1 unspecified atom stereocenters. The van der Waals surface area contributed by atoms with Gasteiger partial charge in [-0.25, -0.2) is 0 Å². The van der Waals surface area contributed by atoms with Gasteiger partial charge in [-0.15, -0.1) is 0 Å². The predicted octanol–water partition coefficient (Wildman–Crippen LogP) is 2.27. The van der Waals surface area contributed by atoms with Crippen LogP contribution in [0.25, 0.3) is 0 Å². The van der Waals surface area contributed by atoms with Crippen molar-refractivity contribution >= 4 is 0 Å². The fourth-order valence-electron chi connectivity index (χ4n) is 1.45. The van der Waals surface area contributed by atoms with Gasteiger partial charge in [0.15, 0.2) is 0 Å². The van der Waals surface area contributed by atoms with Crippen LogP contribution in [0.15, 0.2) is 24.3 Å². The van der Waals surface area contributed by atoms with Gasteiger partial charge in [0.25, 0.3) is 0 Å². The Morgan fingerprint density at radius 1 is 1.06 bits per heavy atom. The minimum Gasteiger partial charge on any atom is -0.491 e. The maximum atomic E-state index is 5.54. The summed E-state index contributed by atoms with van der Waals surface area (Å²) in [7, 11) is 0. The van der Waals surface area contributed by atoms with Crippen molar-refractivity contribution < 1.29 is 18.9 Å². The maximum absolute atomic E-state index is 5.54. The topological polar surface area (TPSA) is 40.2 Å². The Morgan fingerprint density at radius 2 is 1.72 bits per heavy atom. The van der Waals surface area contributed by atoms with Crippen LogP contribution in [0.1, 0.15) is 13.3 Å². The summed E-state index contributed by atoms with van der Waals surface area (Å²) in [6, 6.07) is 7.63. The van der Waals surface area contributed by atoms with Crippen LogP contribution in [0, 0.1) is 0 Å². The zero-order valence-corrected chi connectivity index (χ0v) is 10.8. The van der Waals surface area contributed by atoms with E-state index in [9.17, 15) is 0 Å². The zero-order valence-electron chi connectivity index (χ0n) is 10.8. The SMILES string of the molecule is CCCOCCOc1ccc(OCC2CO2)cc1. The number of ether oxygens (including phenoxy) is 4. The van der Waals surface area contributed by atoms with Crippen molar-refractivity contribution in [2.24, 2.45) is 0 Å². The number of epoxide rings is 1. The molecule has 1 aliphatic rings. The molecule has 0 radical (unpaired) electrons. The van der Waals surface area contributed by atoms with Crippen molar-refractivity contribution in [1.82, 2.24) is 0 Å². The highest BCUT2D eigenvalue weighted by Gasteiger charge is 2.22. The average molecular weight is 252 g/mol. The third-order valence-corrected chi connectivity index (χ3v) is 2.51. The second-order valence-electron chi connectivity index (χ2n) is 4.20. The molecule has 18 heavy (non-hydrogen) atoms. The highest BCUT2D eigenvalue weighted by molar-refractivity contribution is 5.31. The van der Waals surface area contributed by atoms with E-state index in [2.05, 4.69) is 6.92 Å². The molecule has 0 aliphatic carbocycles. The van der Waals surface area contributed by atoms with Gasteiger partial charge < -0.3 is 18.9 Å². The van der Waals surface area contributed by atoms with Crippen molar-refractivity contribution in [3.05, 3.63) is 24.3 Å². The molecule has 1 heterocycles. The Labute approximate surface area is 108 Å². The van der Waals surface area contributed by atoms with E-state index in [0.29, 0.717) is 19.8 Å². The van der Waals surface area contributed by atoms with E-state index in [-0.39, 0.29) is 6.10 Å². The van der Waals surface area contributed by atoms with Gasteiger partial charge in [-0.2, -0.15) is 0 Å². The Morgan fingerprint density at radius 3 is 2.33 bits per heavy atom. The van der Waals surface area contributed by atoms with Crippen molar-refractivity contribution in [1.29, 1.82) is 0 Å². The standard InChI is InChI=1S/C14H20O4/c1-2-7-15-8-9-16-12-3-5-13(6-4-12)17-10-14-11-18-14/h3-6,14H,2,7-11H2,1H3. The summed E-state index contributed by atoms with van der Waals surface area (Å²) in [5.41, 5.74) is 0. The van der Waals surface area contributed by atoms with E-state index in [0.717, 1.165) is 31.1 Å². The van der Waals surface area contributed by atoms with Gasteiger partial charge in [0.1, 0.15) is 30.8 Å². The van der Waals surface area contributed by atoms with Gasteiger partial charge in [-0.3, -0.25) is 0 Å². The van der Waals surface area contributed by atoms with E-state index in [1.807, 2.05) is 24.3 Å². The first-order chi connectivity index (χ1) is 8.88. The second kappa shape index (κ2) is 7.24. The lowest BCUT2D eigenvalue weighted by atomic mass is 10.3. The van der Waals surface area contributed by atoms with Crippen LogP contribution in [0.5, 0.6) is 11.5 Å². The summed E-state index contributed by atoms with van der Waals surface area (Å²) in [5, 5.41) is 0. The second-order valence-corrected chi connectivity index (χ2v) is 4.20. The minimum absolute atomic E-state index is 0.289. The molecule has 4 nitrogen and oxygen atoms in total. The highest BCUT2D eigenvalue weighted by atomic mass is 16.6.